The van der Waals surface area contributed by atoms with Gasteiger partial charge in [0.2, 0.25) is 5.91 Å². The quantitative estimate of drug-likeness (QED) is 0.835. The second kappa shape index (κ2) is 5.93. The minimum atomic E-state index is -0.492. The molecular formula is C13H19N3O2. The zero-order valence-electron chi connectivity index (χ0n) is 10.6. The monoisotopic (exact) mass is 249 g/mol. The standard InChI is InChI=1S/C13H19N3O2/c1-2-10-3-4-11(15-7-10)8-16-5-6-18-12(9-16)13(14)17/h3-4,7,12H,2,5-6,8-9H2,1H3,(H2,14,17). The van der Waals surface area contributed by atoms with Gasteiger partial charge in [0.25, 0.3) is 0 Å². The van der Waals surface area contributed by atoms with Crippen molar-refractivity contribution in [2.75, 3.05) is 19.7 Å². The molecule has 1 aliphatic heterocycles. The van der Waals surface area contributed by atoms with Gasteiger partial charge in [-0.15, -0.1) is 0 Å². The van der Waals surface area contributed by atoms with Crippen molar-refractivity contribution >= 4 is 5.91 Å². The first-order valence-electron chi connectivity index (χ1n) is 6.26. The number of carbonyl (C=O) groups excluding carboxylic acids is 1. The minimum absolute atomic E-state index is 0.394. The number of nitrogens with two attached hydrogens (primary N) is 1. The molecule has 98 valence electrons. The first-order valence-corrected chi connectivity index (χ1v) is 6.26. The van der Waals surface area contributed by atoms with E-state index in [0.717, 1.165) is 25.2 Å². The van der Waals surface area contributed by atoms with E-state index in [9.17, 15) is 4.79 Å². The van der Waals surface area contributed by atoms with E-state index in [2.05, 4.69) is 22.9 Å². The van der Waals surface area contributed by atoms with Crippen molar-refractivity contribution in [2.24, 2.45) is 5.73 Å². The summed E-state index contributed by atoms with van der Waals surface area (Å²) in [5, 5.41) is 0. The van der Waals surface area contributed by atoms with Gasteiger partial charge in [-0.3, -0.25) is 14.7 Å². The molecule has 0 aliphatic carbocycles. The second-order valence-electron chi connectivity index (χ2n) is 4.51. The van der Waals surface area contributed by atoms with Crippen molar-refractivity contribution in [1.82, 2.24) is 9.88 Å². The van der Waals surface area contributed by atoms with Gasteiger partial charge in [-0.1, -0.05) is 13.0 Å². The lowest BCUT2D eigenvalue weighted by Gasteiger charge is -2.30. The van der Waals surface area contributed by atoms with Crippen molar-refractivity contribution in [3.05, 3.63) is 29.6 Å². The predicted octanol–water partition coefficient (Wildman–Crippen LogP) is 0.330. The third kappa shape index (κ3) is 3.27. The SMILES string of the molecule is CCc1ccc(CN2CCOC(C(N)=O)C2)nc1. The average Bonchev–Trinajstić information content (AvgIpc) is 2.40. The molecule has 1 saturated heterocycles. The van der Waals surface area contributed by atoms with E-state index in [0.29, 0.717) is 13.2 Å². The molecule has 0 radical (unpaired) electrons. The molecule has 1 aromatic heterocycles. The largest absolute Gasteiger partial charge is 0.367 e. The van der Waals surface area contributed by atoms with Gasteiger partial charge >= 0.3 is 0 Å². The van der Waals surface area contributed by atoms with Gasteiger partial charge in [0.15, 0.2) is 0 Å². The molecule has 0 spiro atoms. The maximum Gasteiger partial charge on any atom is 0.247 e. The highest BCUT2D eigenvalue weighted by atomic mass is 16.5. The van der Waals surface area contributed by atoms with Crippen LogP contribution in [0.1, 0.15) is 18.2 Å². The van der Waals surface area contributed by atoms with Gasteiger partial charge in [0.05, 0.1) is 12.3 Å². The first kappa shape index (κ1) is 13.0. The number of aryl methyl sites for hydroxylation is 1. The zero-order chi connectivity index (χ0) is 13.0. The van der Waals surface area contributed by atoms with Crippen LogP contribution >= 0.6 is 0 Å². The Labute approximate surface area is 107 Å². The summed E-state index contributed by atoms with van der Waals surface area (Å²) < 4.78 is 5.31. The topological polar surface area (TPSA) is 68.5 Å². The number of nitrogens with zero attached hydrogens (tertiary/aromatic N) is 2. The third-order valence-electron chi connectivity index (χ3n) is 3.15. The van der Waals surface area contributed by atoms with E-state index >= 15 is 0 Å². The molecule has 1 fully saturated rings. The summed E-state index contributed by atoms with van der Waals surface area (Å²) in [5.74, 6) is -0.394. The Morgan fingerprint density at radius 2 is 2.44 bits per heavy atom. The number of morpholine rings is 1. The van der Waals surface area contributed by atoms with E-state index in [1.54, 1.807) is 0 Å². The van der Waals surface area contributed by atoms with Crippen LogP contribution in [0.25, 0.3) is 0 Å². The van der Waals surface area contributed by atoms with Gasteiger partial charge < -0.3 is 10.5 Å². The molecule has 1 unspecified atom stereocenters. The maximum atomic E-state index is 11.1. The van der Waals surface area contributed by atoms with Crippen molar-refractivity contribution < 1.29 is 9.53 Å². The Balaban J connectivity index is 1.93. The Kier molecular flexibility index (Phi) is 4.28. The van der Waals surface area contributed by atoms with E-state index < -0.39 is 12.0 Å². The lowest BCUT2D eigenvalue weighted by molar-refractivity contribution is -0.135. The van der Waals surface area contributed by atoms with E-state index in [1.807, 2.05) is 12.3 Å². The number of primary amides is 1. The second-order valence-corrected chi connectivity index (χ2v) is 4.51. The molecule has 1 aromatic rings. The number of hydrogen-bond acceptors (Lipinski definition) is 4. The summed E-state index contributed by atoms with van der Waals surface area (Å²) in [5.41, 5.74) is 7.50. The Morgan fingerprint density at radius 1 is 1.61 bits per heavy atom. The molecule has 5 heteroatoms. The molecular weight excluding hydrogens is 230 g/mol. The summed E-state index contributed by atoms with van der Waals surface area (Å²) in [4.78, 5) is 17.7. The summed E-state index contributed by atoms with van der Waals surface area (Å²) >= 11 is 0. The molecule has 2 rings (SSSR count). The first-order chi connectivity index (χ1) is 8.69. The number of hydrogen-bond donors (Lipinski definition) is 1. The molecule has 5 nitrogen and oxygen atoms in total. The van der Waals surface area contributed by atoms with Gasteiger partial charge in [-0.05, 0) is 18.1 Å². The van der Waals surface area contributed by atoms with Crippen molar-refractivity contribution in [1.29, 1.82) is 0 Å². The van der Waals surface area contributed by atoms with Gasteiger partial charge in [-0.2, -0.15) is 0 Å². The Hall–Kier alpha value is -1.46. The highest BCUT2D eigenvalue weighted by Gasteiger charge is 2.24. The normalized spacial score (nSPS) is 20.8. The molecule has 1 amide bonds. The summed E-state index contributed by atoms with van der Waals surface area (Å²) in [6.45, 7) is 4.74. The highest BCUT2D eigenvalue weighted by Crippen LogP contribution is 2.09. The molecule has 0 bridgehead atoms. The summed E-state index contributed by atoms with van der Waals surface area (Å²) in [7, 11) is 0. The minimum Gasteiger partial charge on any atom is -0.367 e. The average molecular weight is 249 g/mol. The lowest BCUT2D eigenvalue weighted by atomic mass is 10.2. The van der Waals surface area contributed by atoms with Crippen LogP contribution in [0.15, 0.2) is 18.3 Å². The van der Waals surface area contributed by atoms with Crippen molar-refractivity contribution in [2.45, 2.75) is 26.0 Å². The number of rotatable bonds is 4. The van der Waals surface area contributed by atoms with E-state index in [4.69, 9.17) is 10.5 Å². The summed E-state index contributed by atoms with van der Waals surface area (Å²) in [6.07, 6.45) is 2.41. The Bertz CT molecular complexity index is 405. The van der Waals surface area contributed by atoms with Crippen molar-refractivity contribution in [3.63, 3.8) is 0 Å². The van der Waals surface area contributed by atoms with Crippen LogP contribution in [0.2, 0.25) is 0 Å². The smallest absolute Gasteiger partial charge is 0.247 e. The number of amides is 1. The molecule has 0 aromatic carbocycles. The number of ether oxygens (including phenoxy) is 1. The van der Waals surface area contributed by atoms with Crippen LogP contribution in [0.3, 0.4) is 0 Å². The van der Waals surface area contributed by atoms with E-state index in [1.165, 1.54) is 5.56 Å². The van der Waals surface area contributed by atoms with Crippen molar-refractivity contribution in [3.8, 4) is 0 Å². The van der Waals surface area contributed by atoms with Crippen LogP contribution in [0, 0.1) is 0 Å². The number of pyridine rings is 1. The van der Waals surface area contributed by atoms with Crippen LogP contribution < -0.4 is 5.73 Å². The lowest BCUT2D eigenvalue weighted by Crippen LogP contribution is -2.48. The van der Waals surface area contributed by atoms with Gasteiger partial charge in [0.1, 0.15) is 6.10 Å². The highest BCUT2D eigenvalue weighted by molar-refractivity contribution is 5.79. The maximum absolute atomic E-state index is 11.1. The molecule has 1 atom stereocenters. The third-order valence-corrected chi connectivity index (χ3v) is 3.15. The number of carbonyl (C=O) groups is 1. The van der Waals surface area contributed by atoms with Crippen LogP contribution in [0.4, 0.5) is 0 Å². The van der Waals surface area contributed by atoms with Gasteiger partial charge in [-0.25, -0.2) is 0 Å². The fraction of sp³-hybridized carbons (Fsp3) is 0.538. The van der Waals surface area contributed by atoms with Gasteiger partial charge in [0, 0.05) is 25.8 Å². The molecule has 0 saturated carbocycles. The van der Waals surface area contributed by atoms with Crippen LogP contribution in [-0.2, 0) is 22.5 Å². The molecule has 2 heterocycles. The molecule has 1 aliphatic rings. The summed E-state index contributed by atoms with van der Waals surface area (Å²) in [6, 6.07) is 4.13. The van der Waals surface area contributed by atoms with Crippen LogP contribution in [0.5, 0.6) is 0 Å². The number of aromatic nitrogens is 1. The molecule has 2 N–H and O–H groups in total. The van der Waals surface area contributed by atoms with E-state index in [-0.39, 0.29) is 0 Å². The fourth-order valence-electron chi connectivity index (χ4n) is 2.01. The van der Waals surface area contributed by atoms with Crippen LogP contribution in [-0.4, -0.2) is 41.6 Å². The predicted molar refractivity (Wildman–Crippen MR) is 67.8 cm³/mol. The fourth-order valence-corrected chi connectivity index (χ4v) is 2.01. The molecule has 18 heavy (non-hydrogen) atoms. The Morgan fingerprint density at radius 3 is 3.06 bits per heavy atom. The zero-order valence-corrected chi connectivity index (χ0v) is 10.6.